The van der Waals surface area contributed by atoms with E-state index in [1.54, 1.807) is 0 Å². The molecule has 3 saturated heterocycles. The summed E-state index contributed by atoms with van der Waals surface area (Å²) in [5.74, 6) is 1.46. The SMILES string of the molecule is Cc1cccc(C)c1C1CC2NC(NSC3CCCC(C3)CN3CCN(C)[C@H](CC(C)C)[C@H](C3)O2)N1. The Morgan fingerprint density at radius 1 is 1.06 bits per heavy atom. The van der Waals surface area contributed by atoms with E-state index in [1.165, 1.54) is 55.3 Å². The minimum atomic E-state index is 0.0153. The molecule has 202 valence electrons. The van der Waals surface area contributed by atoms with Gasteiger partial charge in [0.1, 0.15) is 12.5 Å². The first kappa shape index (κ1) is 26.9. The van der Waals surface area contributed by atoms with Crippen molar-refractivity contribution in [2.75, 3.05) is 33.2 Å². The molecule has 1 aromatic carbocycles. The average Bonchev–Trinajstić information content (AvgIpc) is 2.96. The number of nitrogens with one attached hydrogen (secondary N) is 3. The van der Waals surface area contributed by atoms with Crippen molar-refractivity contribution in [3.05, 3.63) is 34.9 Å². The Balaban J connectivity index is 1.45. The maximum absolute atomic E-state index is 7.13. The van der Waals surface area contributed by atoms with Crippen LogP contribution in [-0.2, 0) is 4.74 Å². The molecule has 0 radical (unpaired) electrons. The fourth-order valence-corrected chi connectivity index (χ4v) is 8.23. The summed E-state index contributed by atoms with van der Waals surface area (Å²) < 4.78 is 10.9. The van der Waals surface area contributed by atoms with Gasteiger partial charge in [0.05, 0.1) is 6.10 Å². The van der Waals surface area contributed by atoms with Crippen molar-refractivity contribution < 1.29 is 4.74 Å². The van der Waals surface area contributed by atoms with Gasteiger partial charge in [-0.1, -0.05) is 50.4 Å². The van der Waals surface area contributed by atoms with E-state index in [9.17, 15) is 0 Å². The van der Waals surface area contributed by atoms with Gasteiger partial charge in [0.25, 0.3) is 0 Å². The van der Waals surface area contributed by atoms with E-state index >= 15 is 0 Å². The summed E-state index contributed by atoms with van der Waals surface area (Å²) >= 11 is 1.95. The standard InChI is InChI=1S/C29H49N5OS/c1-19(2)14-25-26-18-34(13-12-33(25)5)17-22-10-7-11-23(15-22)36-32-29-30-24(16-27(31-29)35-26)28-20(3)8-6-9-21(28)4/h6,8-9,19,22-27,29-32H,7,10-18H2,1-5H3/t22?,23?,24?,25-,26+,27?,29?/m1/s1. The Hall–Kier alpha value is -0.670. The monoisotopic (exact) mass is 515 g/mol. The van der Waals surface area contributed by atoms with Crippen LogP contribution < -0.4 is 15.4 Å². The number of nitrogens with zero attached hydrogens (tertiary/aromatic N) is 2. The molecule has 1 saturated carbocycles. The van der Waals surface area contributed by atoms with E-state index in [0.717, 1.165) is 32.0 Å². The third-order valence-electron chi connectivity index (χ3n) is 8.92. The summed E-state index contributed by atoms with van der Waals surface area (Å²) in [7, 11) is 2.32. The zero-order valence-electron chi connectivity index (χ0n) is 23.1. The zero-order chi connectivity index (χ0) is 25.2. The molecule has 4 fully saturated rings. The predicted molar refractivity (Wildman–Crippen MR) is 151 cm³/mol. The Labute approximate surface area is 223 Å². The third-order valence-corrected chi connectivity index (χ3v) is 10.1. The quantitative estimate of drug-likeness (QED) is 0.516. The van der Waals surface area contributed by atoms with Gasteiger partial charge in [0, 0.05) is 49.9 Å². The predicted octanol–water partition coefficient (Wildman–Crippen LogP) is 4.39. The van der Waals surface area contributed by atoms with Crippen molar-refractivity contribution in [2.45, 2.75) is 102 Å². The lowest BCUT2D eigenvalue weighted by Crippen LogP contribution is -2.62. The summed E-state index contributed by atoms with van der Waals surface area (Å²) in [5, 5.41) is 8.40. The molecular weight excluding hydrogens is 466 g/mol. The smallest absolute Gasteiger partial charge is 0.123 e. The van der Waals surface area contributed by atoms with Gasteiger partial charge in [-0.3, -0.25) is 20.4 Å². The van der Waals surface area contributed by atoms with Crippen molar-refractivity contribution in [1.29, 1.82) is 0 Å². The average molecular weight is 516 g/mol. The first-order valence-corrected chi connectivity index (χ1v) is 15.3. The minimum Gasteiger partial charge on any atom is -0.357 e. The highest BCUT2D eigenvalue weighted by atomic mass is 32.2. The van der Waals surface area contributed by atoms with E-state index in [0.29, 0.717) is 17.2 Å². The topological polar surface area (TPSA) is 51.8 Å². The number of aryl methyl sites for hydroxylation is 2. The van der Waals surface area contributed by atoms with E-state index < -0.39 is 0 Å². The highest BCUT2D eigenvalue weighted by Gasteiger charge is 2.38. The first-order valence-electron chi connectivity index (χ1n) is 14.4. The van der Waals surface area contributed by atoms with Gasteiger partial charge in [-0.05, 0) is 75.1 Å². The molecule has 0 aromatic heterocycles. The molecule has 1 aliphatic carbocycles. The molecule has 3 N–H and O–H groups in total. The molecule has 6 nitrogen and oxygen atoms in total. The second kappa shape index (κ2) is 12.0. The molecule has 0 amide bonds. The highest BCUT2D eigenvalue weighted by molar-refractivity contribution is 7.98. The van der Waals surface area contributed by atoms with E-state index in [4.69, 9.17) is 4.74 Å². The molecule has 0 spiro atoms. The molecular formula is C29H49N5OS. The van der Waals surface area contributed by atoms with Crippen LogP contribution in [0.1, 0.15) is 75.1 Å². The fraction of sp³-hybridized carbons (Fsp3) is 0.793. The second-order valence-electron chi connectivity index (χ2n) is 12.4. The van der Waals surface area contributed by atoms with Crippen LogP contribution in [0, 0.1) is 25.7 Å². The molecule has 7 heteroatoms. The number of likely N-dealkylation sites (N-methyl/N-ethyl adjacent to an activating group) is 1. The van der Waals surface area contributed by atoms with Gasteiger partial charge >= 0.3 is 0 Å². The number of rotatable bonds is 3. The number of hydrogen-bond acceptors (Lipinski definition) is 7. The van der Waals surface area contributed by atoms with Crippen molar-refractivity contribution in [2.24, 2.45) is 11.8 Å². The number of benzene rings is 1. The lowest BCUT2D eigenvalue weighted by molar-refractivity contribution is -0.0955. The molecule has 3 aliphatic heterocycles. The number of hydrogen-bond donors (Lipinski definition) is 3. The van der Waals surface area contributed by atoms with Crippen LogP contribution in [0.5, 0.6) is 0 Å². The van der Waals surface area contributed by atoms with Crippen LogP contribution in [0.15, 0.2) is 18.2 Å². The van der Waals surface area contributed by atoms with E-state index in [1.807, 2.05) is 11.9 Å². The second-order valence-corrected chi connectivity index (χ2v) is 13.5. The van der Waals surface area contributed by atoms with Gasteiger partial charge in [-0.25, -0.2) is 4.72 Å². The Kier molecular flexibility index (Phi) is 8.99. The normalized spacial score (nSPS) is 38.5. The Morgan fingerprint density at radius 2 is 1.86 bits per heavy atom. The van der Waals surface area contributed by atoms with Gasteiger partial charge in [-0.2, -0.15) is 0 Å². The van der Waals surface area contributed by atoms with Crippen LogP contribution in [0.2, 0.25) is 0 Å². The summed E-state index contributed by atoms with van der Waals surface area (Å²) in [6.45, 7) is 13.8. The van der Waals surface area contributed by atoms with E-state index in [-0.39, 0.29) is 24.7 Å². The van der Waals surface area contributed by atoms with Gasteiger partial charge in [0.15, 0.2) is 0 Å². The first-order chi connectivity index (χ1) is 17.4. The van der Waals surface area contributed by atoms with Gasteiger partial charge in [0.2, 0.25) is 0 Å². The largest absolute Gasteiger partial charge is 0.357 e. The van der Waals surface area contributed by atoms with Crippen molar-refractivity contribution in [1.82, 2.24) is 25.2 Å². The summed E-state index contributed by atoms with van der Waals surface area (Å²) in [6, 6.07) is 7.40. The van der Waals surface area contributed by atoms with Crippen LogP contribution in [0.25, 0.3) is 0 Å². The summed E-state index contributed by atoms with van der Waals surface area (Å²) in [5.41, 5.74) is 4.17. The fourth-order valence-electron chi connectivity index (χ4n) is 7.11. The molecule has 4 aliphatic rings. The number of ether oxygens (including phenoxy) is 1. The van der Waals surface area contributed by atoms with Crippen LogP contribution in [-0.4, -0.2) is 72.9 Å². The summed E-state index contributed by atoms with van der Waals surface area (Å²) in [6.07, 6.45) is 7.75. The van der Waals surface area contributed by atoms with Crippen molar-refractivity contribution >= 4 is 11.9 Å². The van der Waals surface area contributed by atoms with Crippen molar-refractivity contribution in [3.8, 4) is 0 Å². The van der Waals surface area contributed by atoms with Gasteiger partial charge < -0.3 is 4.74 Å². The maximum Gasteiger partial charge on any atom is 0.123 e. The van der Waals surface area contributed by atoms with Crippen LogP contribution in [0.3, 0.4) is 0 Å². The molecule has 5 rings (SSSR count). The van der Waals surface area contributed by atoms with E-state index in [2.05, 4.69) is 78.1 Å². The maximum atomic E-state index is 7.13. The lowest BCUT2D eigenvalue weighted by Gasteiger charge is -2.42. The van der Waals surface area contributed by atoms with Crippen LogP contribution in [0.4, 0.5) is 0 Å². The number of fused-ring (bicyclic) bond motifs is 6. The van der Waals surface area contributed by atoms with Gasteiger partial charge in [-0.15, -0.1) is 0 Å². The molecule has 6 unspecified atom stereocenters. The highest BCUT2D eigenvalue weighted by Crippen LogP contribution is 2.35. The Bertz CT molecular complexity index is 848. The minimum absolute atomic E-state index is 0.0153. The zero-order valence-corrected chi connectivity index (χ0v) is 23.9. The molecule has 1 aromatic rings. The molecule has 6 bridgehead atoms. The summed E-state index contributed by atoms with van der Waals surface area (Å²) in [4.78, 5) is 5.34. The van der Waals surface area contributed by atoms with Crippen molar-refractivity contribution in [3.63, 3.8) is 0 Å². The Morgan fingerprint density at radius 3 is 2.64 bits per heavy atom. The van der Waals surface area contributed by atoms with Crippen LogP contribution >= 0.6 is 11.9 Å². The molecule has 3 heterocycles. The molecule has 8 atom stereocenters. The molecule has 36 heavy (non-hydrogen) atoms. The third kappa shape index (κ3) is 6.48. The lowest BCUT2D eigenvalue weighted by atomic mass is 9.88.